The van der Waals surface area contributed by atoms with Crippen LogP contribution in [0.15, 0.2) is 78.9 Å². The molecule has 4 rings (SSSR count). The third-order valence-corrected chi connectivity index (χ3v) is 6.43. The fourth-order valence-corrected chi connectivity index (χ4v) is 4.45. The van der Waals surface area contributed by atoms with Gasteiger partial charge in [0.1, 0.15) is 19.0 Å². The third-order valence-electron chi connectivity index (χ3n) is 6.43. The predicted octanol–water partition coefficient (Wildman–Crippen LogP) is 5.17. The number of carbonyl (C=O) groups excluding carboxylic acids is 1. The van der Waals surface area contributed by atoms with Gasteiger partial charge in [-0.25, -0.2) is 0 Å². The highest BCUT2D eigenvalue weighted by molar-refractivity contribution is 5.76. The Morgan fingerprint density at radius 2 is 1.53 bits per heavy atom. The maximum Gasteiger partial charge on any atom is 0.161 e. The molecule has 6 heteroatoms. The number of likely N-dealkylation sites (tertiary alicyclic amines) is 1. The molecule has 1 aliphatic rings. The van der Waals surface area contributed by atoms with Crippen molar-refractivity contribution in [1.82, 2.24) is 4.90 Å². The van der Waals surface area contributed by atoms with Gasteiger partial charge in [0.2, 0.25) is 0 Å². The van der Waals surface area contributed by atoms with Crippen molar-refractivity contribution in [2.24, 2.45) is 0 Å². The van der Waals surface area contributed by atoms with Gasteiger partial charge in [-0.1, -0.05) is 60.7 Å². The maximum atomic E-state index is 10.9. The van der Waals surface area contributed by atoms with Gasteiger partial charge in [0.15, 0.2) is 11.5 Å². The summed E-state index contributed by atoms with van der Waals surface area (Å²) in [6.45, 7) is 4.47. The molecule has 0 bridgehead atoms. The van der Waals surface area contributed by atoms with Crippen LogP contribution in [0.4, 0.5) is 0 Å². The Balaban J connectivity index is 1.16. The topological polar surface area (TPSA) is 57.2 Å². The molecule has 6 nitrogen and oxygen atoms in total. The molecule has 0 saturated carbocycles. The normalized spacial score (nSPS) is 14.6. The van der Waals surface area contributed by atoms with Crippen molar-refractivity contribution >= 4 is 6.29 Å². The molecular weight excluding hydrogens is 454 g/mol. The molecule has 0 radical (unpaired) electrons. The molecule has 36 heavy (non-hydrogen) atoms. The van der Waals surface area contributed by atoms with Gasteiger partial charge < -0.3 is 23.8 Å². The Bertz CT molecular complexity index is 1010. The highest BCUT2D eigenvalue weighted by Gasteiger charge is 2.24. The van der Waals surface area contributed by atoms with Gasteiger partial charge in [0, 0.05) is 25.2 Å². The lowest BCUT2D eigenvalue weighted by Gasteiger charge is -2.34. The molecule has 0 amide bonds. The highest BCUT2D eigenvalue weighted by atomic mass is 16.5. The molecule has 0 aliphatic carbocycles. The Morgan fingerprint density at radius 1 is 0.861 bits per heavy atom. The Kier molecular flexibility index (Phi) is 9.91. The Hall–Kier alpha value is -3.19. The quantitative estimate of drug-likeness (QED) is 0.244. The minimum absolute atomic E-state index is 0.0412. The number of nitrogens with zero attached hydrogens (tertiary/aromatic N) is 1. The van der Waals surface area contributed by atoms with Crippen LogP contribution in [0.1, 0.15) is 40.4 Å². The fourth-order valence-electron chi connectivity index (χ4n) is 4.45. The van der Waals surface area contributed by atoms with E-state index in [0.717, 1.165) is 38.8 Å². The second kappa shape index (κ2) is 13.8. The summed E-state index contributed by atoms with van der Waals surface area (Å²) in [5.41, 5.74) is 2.94. The van der Waals surface area contributed by atoms with Gasteiger partial charge in [-0.05, 0) is 42.2 Å². The van der Waals surface area contributed by atoms with Gasteiger partial charge >= 0.3 is 0 Å². The molecule has 0 unspecified atom stereocenters. The molecule has 1 heterocycles. The van der Waals surface area contributed by atoms with Crippen LogP contribution in [0.2, 0.25) is 0 Å². The van der Waals surface area contributed by atoms with Gasteiger partial charge in [-0.15, -0.1) is 0 Å². The van der Waals surface area contributed by atoms with Crippen LogP contribution in [0.5, 0.6) is 11.5 Å². The van der Waals surface area contributed by atoms with E-state index < -0.39 is 0 Å². The lowest BCUT2D eigenvalue weighted by molar-refractivity contribution is -0.0308. The summed E-state index contributed by atoms with van der Waals surface area (Å²) in [6, 6.07) is 26.1. The maximum absolute atomic E-state index is 10.9. The molecule has 0 atom stereocenters. The molecule has 1 aliphatic heterocycles. The van der Waals surface area contributed by atoms with Gasteiger partial charge in [0.05, 0.1) is 26.4 Å². The Labute approximate surface area is 213 Å². The zero-order chi connectivity index (χ0) is 25.0. The third kappa shape index (κ3) is 7.40. The zero-order valence-corrected chi connectivity index (χ0v) is 20.9. The minimum atomic E-state index is -0.0412. The van der Waals surface area contributed by atoms with Gasteiger partial charge in [0.25, 0.3) is 0 Å². The van der Waals surface area contributed by atoms with Crippen LogP contribution >= 0.6 is 0 Å². The van der Waals surface area contributed by atoms with Crippen LogP contribution in [0.3, 0.4) is 0 Å². The summed E-state index contributed by atoms with van der Waals surface area (Å²) >= 11 is 0. The number of rotatable bonds is 13. The van der Waals surface area contributed by atoms with Crippen molar-refractivity contribution in [2.45, 2.75) is 25.0 Å². The van der Waals surface area contributed by atoms with Crippen molar-refractivity contribution < 1.29 is 23.7 Å². The van der Waals surface area contributed by atoms with Crippen LogP contribution < -0.4 is 9.47 Å². The smallest absolute Gasteiger partial charge is 0.161 e. The average Bonchev–Trinajstić information content (AvgIpc) is 2.95. The molecule has 0 aromatic heterocycles. The number of hydrogen-bond acceptors (Lipinski definition) is 6. The van der Waals surface area contributed by atoms with E-state index in [-0.39, 0.29) is 12.2 Å². The van der Waals surface area contributed by atoms with E-state index in [1.807, 2.05) is 12.1 Å². The summed E-state index contributed by atoms with van der Waals surface area (Å²) < 4.78 is 23.5. The number of aldehydes is 1. The van der Waals surface area contributed by atoms with Crippen molar-refractivity contribution in [3.05, 3.63) is 95.6 Å². The van der Waals surface area contributed by atoms with E-state index >= 15 is 0 Å². The van der Waals surface area contributed by atoms with E-state index in [0.29, 0.717) is 36.9 Å². The summed E-state index contributed by atoms with van der Waals surface area (Å²) in [7, 11) is 1.56. The first-order valence-corrected chi connectivity index (χ1v) is 12.6. The standard InChI is InChI=1S/C30H35NO5/c1-33-29-22-24(23-32)12-13-28(29)35-21-20-34-19-18-31-16-14-27(15-17-31)36-30(25-8-4-2-5-9-25)26-10-6-3-7-11-26/h2-13,22-23,27,30H,14-21H2,1H3. The first-order chi connectivity index (χ1) is 17.8. The SMILES string of the molecule is COc1cc(C=O)ccc1OCCOCCN1CCC(OC(c2ccccc2)c2ccccc2)CC1. The molecule has 3 aromatic carbocycles. The number of hydrogen-bond donors (Lipinski definition) is 0. The van der Waals surface area contributed by atoms with Gasteiger partial charge in [-0.2, -0.15) is 0 Å². The number of benzene rings is 3. The summed E-state index contributed by atoms with van der Waals surface area (Å²) in [5, 5.41) is 0. The number of methoxy groups -OCH3 is 1. The van der Waals surface area contributed by atoms with E-state index in [1.54, 1.807) is 25.3 Å². The number of carbonyl (C=O) groups is 1. The van der Waals surface area contributed by atoms with Crippen molar-refractivity contribution in [3.8, 4) is 11.5 Å². The molecule has 0 spiro atoms. The lowest BCUT2D eigenvalue weighted by atomic mass is 10.00. The average molecular weight is 490 g/mol. The Morgan fingerprint density at radius 3 is 2.14 bits per heavy atom. The van der Waals surface area contributed by atoms with E-state index in [2.05, 4.69) is 53.4 Å². The van der Waals surface area contributed by atoms with E-state index in [1.165, 1.54) is 11.1 Å². The fraction of sp³-hybridized carbons (Fsp3) is 0.367. The van der Waals surface area contributed by atoms with Crippen LogP contribution in [0.25, 0.3) is 0 Å². The lowest BCUT2D eigenvalue weighted by Crippen LogP contribution is -2.39. The number of ether oxygens (including phenoxy) is 4. The largest absolute Gasteiger partial charge is 0.493 e. The number of piperidine rings is 1. The molecular formula is C30H35NO5. The van der Waals surface area contributed by atoms with Crippen LogP contribution in [-0.2, 0) is 9.47 Å². The predicted molar refractivity (Wildman–Crippen MR) is 140 cm³/mol. The zero-order valence-electron chi connectivity index (χ0n) is 20.9. The van der Waals surface area contributed by atoms with Crippen LogP contribution in [0, 0.1) is 0 Å². The minimum Gasteiger partial charge on any atom is -0.493 e. The van der Waals surface area contributed by atoms with Crippen LogP contribution in [-0.4, -0.2) is 63.9 Å². The summed E-state index contributed by atoms with van der Waals surface area (Å²) in [4.78, 5) is 13.3. The van der Waals surface area contributed by atoms with Crippen molar-refractivity contribution in [3.63, 3.8) is 0 Å². The molecule has 1 saturated heterocycles. The molecule has 0 N–H and O–H groups in total. The van der Waals surface area contributed by atoms with E-state index in [4.69, 9.17) is 18.9 Å². The summed E-state index contributed by atoms with van der Waals surface area (Å²) in [5.74, 6) is 1.16. The first kappa shape index (κ1) is 25.9. The molecule has 3 aromatic rings. The van der Waals surface area contributed by atoms with Crippen molar-refractivity contribution in [1.29, 1.82) is 0 Å². The first-order valence-electron chi connectivity index (χ1n) is 12.6. The summed E-state index contributed by atoms with van der Waals surface area (Å²) in [6.07, 6.45) is 3.00. The second-order valence-corrected chi connectivity index (χ2v) is 8.87. The van der Waals surface area contributed by atoms with E-state index in [9.17, 15) is 4.79 Å². The second-order valence-electron chi connectivity index (χ2n) is 8.87. The van der Waals surface area contributed by atoms with Gasteiger partial charge in [-0.3, -0.25) is 4.79 Å². The molecule has 190 valence electrons. The van der Waals surface area contributed by atoms with Crippen molar-refractivity contribution in [2.75, 3.05) is 46.6 Å². The molecule has 1 fully saturated rings. The monoisotopic (exact) mass is 489 g/mol. The highest BCUT2D eigenvalue weighted by Crippen LogP contribution is 2.30.